The molecule has 0 aliphatic carbocycles. The molecule has 0 spiro atoms. The standard InChI is InChI=1S/C20H23N3O/c1-15-11-12-24-19(13-15)22-20-21-17-9-5-6-10-18(17)23(20)14-16-7-3-2-4-8-16/h2-10,15,19H,11-14H2,1H3,(H,21,22). The van der Waals surface area contributed by atoms with Crippen LogP contribution in [-0.4, -0.2) is 22.4 Å². The molecule has 1 aromatic heterocycles. The lowest BCUT2D eigenvalue weighted by molar-refractivity contribution is 0.0118. The zero-order valence-corrected chi connectivity index (χ0v) is 14.0. The van der Waals surface area contributed by atoms with E-state index in [4.69, 9.17) is 9.72 Å². The summed E-state index contributed by atoms with van der Waals surface area (Å²) in [5.41, 5.74) is 3.43. The van der Waals surface area contributed by atoms with Crippen LogP contribution in [0, 0.1) is 5.92 Å². The van der Waals surface area contributed by atoms with E-state index in [9.17, 15) is 0 Å². The lowest BCUT2D eigenvalue weighted by Gasteiger charge is -2.28. The first-order valence-electron chi connectivity index (χ1n) is 8.67. The molecule has 0 saturated carbocycles. The summed E-state index contributed by atoms with van der Waals surface area (Å²) in [6.07, 6.45) is 2.20. The molecule has 2 aromatic carbocycles. The molecule has 4 heteroatoms. The number of hydrogen-bond acceptors (Lipinski definition) is 3. The molecule has 124 valence electrons. The Morgan fingerprint density at radius 1 is 1.12 bits per heavy atom. The first kappa shape index (κ1) is 15.2. The number of fused-ring (bicyclic) bond motifs is 1. The van der Waals surface area contributed by atoms with E-state index in [0.717, 1.165) is 43.0 Å². The summed E-state index contributed by atoms with van der Waals surface area (Å²) < 4.78 is 8.13. The number of ether oxygens (including phenoxy) is 1. The summed E-state index contributed by atoms with van der Waals surface area (Å²) in [7, 11) is 0. The molecule has 2 heterocycles. The van der Waals surface area contributed by atoms with Gasteiger partial charge in [0.25, 0.3) is 0 Å². The molecule has 1 aliphatic heterocycles. The molecule has 0 bridgehead atoms. The number of benzene rings is 2. The summed E-state index contributed by atoms with van der Waals surface area (Å²) >= 11 is 0. The Labute approximate surface area is 142 Å². The van der Waals surface area contributed by atoms with Crippen molar-refractivity contribution in [2.24, 2.45) is 5.92 Å². The van der Waals surface area contributed by atoms with Gasteiger partial charge in [-0.3, -0.25) is 0 Å². The van der Waals surface area contributed by atoms with E-state index in [2.05, 4.69) is 59.3 Å². The maximum Gasteiger partial charge on any atom is 0.206 e. The molecule has 4 nitrogen and oxygen atoms in total. The quantitative estimate of drug-likeness (QED) is 0.780. The lowest BCUT2D eigenvalue weighted by Crippen LogP contribution is -2.32. The highest BCUT2D eigenvalue weighted by atomic mass is 16.5. The Morgan fingerprint density at radius 2 is 1.92 bits per heavy atom. The number of nitrogens with one attached hydrogen (secondary N) is 1. The molecular formula is C20H23N3O. The van der Waals surface area contributed by atoms with Crippen LogP contribution in [0.15, 0.2) is 54.6 Å². The van der Waals surface area contributed by atoms with Crippen molar-refractivity contribution in [2.75, 3.05) is 11.9 Å². The van der Waals surface area contributed by atoms with Crippen LogP contribution in [0.4, 0.5) is 5.95 Å². The second-order valence-corrected chi connectivity index (χ2v) is 6.63. The minimum absolute atomic E-state index is 0.0417. The molecule has 2 unspecified atom stereocenters. The Kier molecular flexibility index (Phi) is 4.22. The van der Waals surface area contributed by atoms with Gasteiger partial charge in [-0.1, -0.05) is 49.4 Å². The topological polar surface area (TPSA) is 39.1 Å². The molecule has 0 radical (unpaired) electrons. The predicted octanol–water partition coefficient (Wildman–Crippen LogP) is 4.27. The van der Waals surface area contributed by atoms with Gasteiger partial charge in [0.15, 0.2) is 0 Å². The zero-order chi connectivity index (χ0) is 16.4. The maximum absolute atomic E-state index is 5.89. The van der Waals surface area contributed by atoms with Gasteiger partial charge < -0.3 is 14.6 Å². The number of aromatic nitrogens is 2. The number of rotatable bonds is 4. The summed E-state index contributed by atoms with van der Waals surface area (Å²) in [6, 6.07) is 18.8. The molecule has 1 fully saturated rings. The largest absolute Gasteiger partial charge is 0.358 e. The van der Waals surface area contributed by atoms with Crippen molar-refractivity contribution >= 4 is 17.0 Å². The fourth-order valence-electron chi connectivity index (χ4n) is 3.32. The molecule has 1 N–H and O–H groups in total. The number of nitrogens with zero attached hydrogens (tertiary/aromatic N) is 2. The highest BCUT2D eigenvalue weighted by molar-refractivity contribution is 5.78. The van der Waals surface area contributed by atoms with Crippen LogP contribution in [-0.2, 0) is 11.3 Å². The SMILES string of the molecule is CC1CCOC(Nc2nc3ccccc3n2Cc2ccccc2)C1. The maximum atomic E-state index is 5.89. The summed E-state index contributed by atoms with van der Waals surface area (Å²) in [5, 5.41) is 3.52. The molecule has 1 saturated heterocycles. The van der Waals surface area contributed by atoms with Gasteiger partial charge >= 0.3 is 0 Å². The third-order valence-corrected chi connectivity index (χ3v) is 4.67. The highest BCUT2D eigenvalue weighted by Crippen LogP contribution is 2.25. The Balaban J connectivity index is 1.67. The predicted molar refractivity (Wildman–Crippen MR) is 97.0 cm³/mol. The van der Waals surface area contributed by atoms with Crippen LogP contribution in [0.2, 0.25) is 0 Å². The van der Waals surface area contributed by atoms with Gasteiger partial charge in [-0.15, -0.1) is 0 Å². The van der Waals surface area contributed by atoms with E-state index in [0.29, 0.717) is 5.92 Å². The van der Waals surface area contributed by atoms with Crippen LogP contribution in [0.1, 0.15) is 25.3 Å². The second kappa shape index (κ2) is 6.65. The van der Waals surface area contributed by atoms with E-state index < -0.39 is 0 Å². The zero-order valence-electron chi connectivity index (χ0n) is 14.0. The summed E-state index contributed by atoms with van der Waals surface area (Å²) in [6.45, 7) is 3.90. The highest BCUT2D eigenvalue weighted by Gasteiger charge is 2.21. The van der Waals surface area contributed by atoms with Gasteiger partial charge in [0.05, 0.1) is 17.6 Å². The molecule has 1 aliphatic rings. The van der Waals surface area contributed by atoms with Crippen molar-refractivity contribution in [2.45, 2.75) is 32.5 Å². The molecule has 2 atom stereocenters. The molecular weight excluding hydrogens is 298 g/mol. The number of hydrogen-bond donors (Lipinski definition) is 1. The Hall–Kier alpha value is -2.33. The van der Waals surface area contributed by atoms with Gasteiger partial charge in [0.1, 0.15) is 6.23 Å². The normalized spacial score (nSPS) is 21.0. The summed E-state index contributed by atoms with van der Waals surface area (Å²) in [4.78, 5) is 4.80. The van der Waals surface area contributed by atoms with Crippen LogP contribution in [0.3, 0.4) is 0 Å². The van der Waals surface area contributed by atoms with Gasteiger partial charge in [-0.25, -0.2) is 4.98 Å². The molecule has 3 aromatic rings. The van der Waals surface area contributed by atoms with Crippen molar-refractivity contribution in [1.29, 1.82) is 0 Å². The van der Waals surface area contributed by atoms with Crippen molar-refractivity contribution in [3.63, 3.8) is 0 Å². The third kappa shape index (κ3) is 3.15. The molecule has 0 amide bonds. The Morgan fingerprint density at radius 3 is 2.75 bits per heavy atom. The number of imidazole rings is 1. The van der Waals surface area contributed by atoms with Gasteiger partial charge in [0, 0.05) is 6.61 Å². The van der Waals surface area contributed by atoms with E-state index in [1.807, 2.05) is 12.1 Å². The van der Waals surface area contributed by atoms with Gasteiger partial charge in [-0.2, -0.15) is 0 Å². The lowest BCUT2D eigenvalue weighted by atomic mass is 10.0. The third-order valence-electron chi connectivity index (χ3n) is 4.67. The fourth-order valence-corrected chi connectivity index (χ4v) is 3.32. The van der Waals surface area contributed by atoms with Crippen LogP contribution < -0.4 is 5.32 Å². The monoisotopic (exact) mass is 321 g/mol. The minimum Gasteiger partial charge on any atom is -0.358 e. The van der Waals surface area contributed by atoms with Crippen molar-refractivity contribution < 1.29 is 4.74 Å². The van der Waals surface area contributed by atoms with E-state index >= 15 is 0 Å². The van der Waals surface area contributed by atoms with Gasteiger partial charge in [-0.05, 0) is 36.5 Å². The summed E-state index contributed by atoms with van der Waals surface area (Å²) in [5.74, 6) is 1.57. The fraction of sp³-hybridized carbons (Fsp3) is 0.350. The van der Waals surface area contributed by atoms with Crippen molar-refractivity contribution in [3.8, 4) is 0 Å². The number of para-hydroxylation sites is 2. The van der Waals surface area contributed by atoms with Gasteiger partial charge in [0.2, 0.25) is 5.95 Å². The van der Waals surface area contributed by atoms with E-state index in [1.54, 1.807) is 0 Å². The first-order valence-corrected chi connectivity index (χ1v) is 8.67. The van der Waals surface area contributed by atoms with E-state index in [-0.39, 0.29) is 6.23 Å². The number of anilines is 1. The average Bonchev–Trinajstić information content (AvgIpc) is 2.93. The van der Waals surface area contributed by atoms with Crippen LogP contribution in [0.5, 0.6) is 0 Å². The Bertz CT molecular complexity index is 812. The van der Waals surface area contributed by atoms with Crippen molar-refractivity contribution in [1.82, 2.24) is 9.55 Å². The van der Waals surface area contributed by atoms with Crippen molar-refractivity contribution in [3.05, 3.63) is 60.2 Å². The second-order valence-electron chi connectivity index (χ2n) is 6.63. The van der Waals surface area contributed by atoms with Crippen LogP contribution >= 0.6 is 0 Å². The van der Waals surface area contributed by atoms with E-state index in [1.165, 1.54) is 5.56 Å². The molecule has 24 heavy (non-hydrogen) atoms. The van der Waals surface area contributed by atoms with Crippen LogP contribution in [0.25, 0.3) is 11.0 Å². The minimum atomic E-state index is 0.0417. The smallest absolute Gasteiger partial charge is 0.206 e. The average molecular weight is 321 g/mol. The molecule has 4 rings (SSSR count). The first-order chi connectivity index (χ1) is 11.8.